The third-order valence-electron chi connectivity index (χ3n) is 7.60. The predicted octanol–water partition coefficient (Wildman–Crippen LogP) is 5.16. The van der Waals surface area contributed by atoms with Crippen LogP contribution in [0.25, 0.3) is 11.3 Å². The van der Waals surface area contributed by atoms with Crippen molar-refractivity contribution in [3.05, 3.63) is 41.2 Å². The molecule has 1 aromatic carbocycles. The molecule has 3 fully saturated rings. The summed E-state index contributed by atoms with van der Waals surface area (Å²) in [6, 6.07) is 4.90. The van der Waals surface area contributed by atoms with Gasteiger partial charge < -0.3 is 15.0 Å². The average Bonchev–Trinajstić information content (AvgIpc) is 3.33. The summed E-state index contributed by atoms with van der Waals surface area (Å²) >= 11 is 0. The first-order valence-corrected chi connectivity index (χ1v) is 12.0. The van der Waals surface area contributed by atoms with E-state index < -0.39 is 17.6 Å². The number of nitrogens with zero attached hydrogens (tertiary/aromatic N) is 3. The highest BCUT2D eigenvalue weighted by atomic mass is 19.4. The molecule has 0 radical (unpaired) electrons. The van der Waals surface area contributed by atoms with E-state index in [2.05, 4.69) is 20.4 Å². The molecule has 5 nitrogen and oxygen atoms in total. The first-order valence-electron chi connectivity index (χ1n) is 12.0. The van der Waals surface area contributed by atoms with E-state index in [1.54, 1.807) is 6.92 Å². The standard InChI is InChI=1S/C25H30F4N4O/c1-15-2-3-19(26)10-21(15)23-11-22(25(27,28)29)24(32-31-23)30-20-8-17-13-33(14-18(17)9-20)12-16-4-6-34-7-5-16/h2-3,10-11,16-18,20H,4-9,12-14H2,1H3,(H,30,32)/t17-,18+,20-. The third-order valence-corrected chi connectivity index (χ3v) is 7.60. The van der Waals surface area contributed by atoms with Crippen LogP contribution in [0, 0.1) is 30.5 Å². The smallest absolute Gasteiger partial charge is 0.381 e. The van der Waals surface area contributed by atoms with Crippen LogP contribution in [-0.4, -0.2) is 54.0 Å². The van der Waals surface area contributed by atoms with Crippen molar-refractivity contribution in [2.45, 2.75) is 44.8 Å². The molecule has 2 aliphatic heterocycles. The maximum atomic E-state index is 13.9. The summed E-state index contributed by atoms with van der Waals surface area (Å²) in [5.74, 6) is 0.907. The van der Waals surface area contributed by atoms with Gasteiger partial charge in [0.15, 0.2) is 5.82 Å². The van der Waals surface area contributed by atoms with Gasteiger partial charge in [-0.15, -0.1) is 10.2 Å². The SMILES string of the molecule is Cc1ccc(F)cc1-c1cc(C(F)(F)F)c(N[C@@H]2C[C@@H]3CN(CC4CCOCC4)C[C@@H]3C2)nn1. The first kappa shape index (κ1) is 23.5. The topological polar surface area (TPSA) is 50.3 Å². The number of hydrogen-bond acceptors (Lipinski definition) is 5. The van der Waals surface area contributed by atoms with Gasteiger partial charge in [0, 0.05) is 44.5 Å². The summed E-state index contributed by atoms with van der Waals surface area (Å²) in [6.07, 6.45) is -0.708. The largest absolute Gasteiger partial charge is 0.420 e. The van der Waals surface area contributed by atoms with Gasteiger partial charge in [-0.25, -0.2) is 4.39 Å². The molecule has 0 unspecified atom stereocenters. The van der Waals surface area contributed by atoms with Crippen LogP contribution in [0.2, 0.25) is 0 Å². The molecule has 2 aromatic rings. The minimum atomic E-state index is -4.59. The maximum absolute atomic E-state index is 13.9. The van der Waals surface area contributed by atoms with Crippen molar-refractivity contribution >= 4 is 5.82 Å². The number of nitrogens with one attached hydrogen (secondary N) is 1. The summed E-state index contributed by atoms with van der Waals surface area (Å²) < 4.78 is 60.9. The summed E-state index contributed by atoms with van der Waals surface area (Å²) in [6.45, 7) is 6.51. The Hall–Kier alpha value is -2.26. The number of benzene rings is 1. The summed E-state index contributed by atoms with van der Waals surface area (Å²) in [5.41, 5.74) is 0.101. The highest BCUT2D eigenvalue weighted by molar-refractivity contribution is 5.65. The lowest BCUT2D eigenvalue weighted by molar-refractivity contribution is -0.137. The molecular formula is C25H30F4N4O. The molecule has 1 aliphatic carbocycles. The van der Waals surface area contributed by atoms with Crippen molar-refractivity contribution in [2.75, 3.05) is 38.2 Å². The van der Waals surface area contributed by atoms with E-state index in [0.29, 0.717) is 28.9 Å². The van der Waals surface area contributed by atoms with E-state index in [0.717, 1.165) is 64.6 Å². The van der Waals surface area contributed by atoms with E-state index in [4.69, 9.17) is 4.74 Å². The fourth-order valence-corrected chi connectivity index (χ4v) is 5.87. The highest BCUT2D eigenvalue weighted by Crippen LogP contribution is 2.42. The fraction of sp³-hybridized carbons (Fsp3) is 0.600. The minimum absolute atomic E-state index is 0.0157. The Labute approximate surface area is 196 Å². The molecule has 34 heavy (non-hydrogen) atoms. The predicted molar refractivity (Wildman–Crippen MR) is 121 cm³/mol. The summed E-state index contributed by atoms with van der Waals surface area (Å²) in [7, 11) is 0. The zero-order valence-corrected chi connectivity index (χ0v) is 19.2. The third kappa shape index (κ3) is 5.05. The Bertz CT molecular complexity index is 1010. The molecule has 9 heteroatoms. The first-order chi connectivity index (χ1) is 16.3. The van der Waals surface area contributed by atoms with Crippen LogP contribution in [0.1, 0.15) is 36.8 Å². The monoisotopic (exact) mass is 478 g/mol. The fourth-order valence-electron chi connectivity index (χ4n) is 5.87. The van der Waals surface area contributed by atoms with Crippen molar-refractivity contribution in [1.29, 1.82) is 0 Å². The van der Waals surface area contributed by atoms with E-state index >= 15 is 0 Å². The molecule has 3 atom stereocenters. The molecule has 184 valence electrons. The molecule has 0 bridgehead atoms. The van der Waals surface area contributed by atoms with Gasteiger partial charge >= 0.3 is 6.18 Å². The van der Waals surface area contributed by atoms with E-state index in [9.17, 15) is 17.6 Å². The van der Waals surface area contributed by atoms with Crippen molar-refractivity contribution in [1.82, 2.24) is 15.1 Å². The quantitative estimate of drug-likeness (QED) is 0.602. The van der Waals surface area contributed by atoms with Gasteiger partial charge in [-0.3, -0.25) is 0 Å². The Morgan fingerprint density at radius 1 is 1.06 bits per heavy atom. The number of likely N-dealkylation sites (tertiary alicyclic amines) is 1. The van der Waals surface area contributed by atoms with E-state index in [1.807, 2.05) is 0 Å². The normalized spacial score (nSPS) is 26.1. The van der Waals surface area contributed by atoms with E-state index in [1.165, 1.54) is 18.2 Å². The lowest BCUT2D eigenvalue weighted by Gasteiger charge is -2.28. The Kier molecular flexibility index (Phi) is 6.50. The Morgan fingerprint density at radius 2 is 1.76 bits per heavy atom. The zero-order chi connectivity index (χ0) is 23.9. The Morgan fingerprint density at radius 3 is 2.44 bits per heavy atom. The van der Waals surface area contributed by atoms with Crippen molar-refractivity contribution < 1.29 is 22.3 Å². The second-order valence-corrected chi connectivity index (χ2v) is 10.1. The molecule has 3 heterocycles. The molecule has 1 aromatic heterocycles. The van der Waals surface area contributed by atoms with Gasteiger partial charge in [-0.2, -0.15) is 13.2 Å². The molecule has 5 rings (SSSR count). The van der Waals surface area contributed by atoms with Crippen LogP contribution in [0.5, 0.6) is 0 Å². The second kappa shape index (κ2) is 9.41. The van der Waals surface area contributed by atoms with Crippen LogP contribution in [0.15, 0.2) is 24.3 Å². The Balaban J connectivity index is 1.26. The molecule has 0 amide bonds. The number of aromatic nitrogens is 2. The molecule has 0 spiro atoms. The number of ether oxygens (including phenoxy) is 1. The molecular weight excluding hydrogens is 448 g/mol. The molecule has 3 aliphatic rings. The highest BCUT2D eigenvalue weighted by Gasteiger charge is 2.43. The summed E-state index contributed by atoms with van der Waals surface area (Å²) in [4.78, 5) is 2.53. The van der Waals surface area contributed by atoms with Crippen molar-refractivity contribution in [3.63, 3.8) is 0 Å². The van der Waals surface area contributed by atoms with Gasteiger partial charge in [-0.05, 0) is 74.1 Å². The molecule has 2 saturated heterocycles. The van der Waals surface area contributed by atoms with Crippen molar-refractivity contribution in [2.24, 2.45) is 17.8 Å². The average molecular weight is 479 g/mol. The van der Waals surface area contributed by atoms with Crippen LogP contribution in [0.3, 0.4) is 0 Å². The van der Waals surface area contributed by atoms with Gasteiger partial charge in [0.2, 0.25) is 0 Å². The van der Waals surface area contributed by atoms with E-state index in [-0.39, 0.29) is 17.6 Å². The summed E-state index contributed by atoms with van der Waals surface area (Å²) in [5, 5.41) is 11.0. The number of halogens is 4. The second-order valence-electron chi connectivity index (χ2n) is 10.1. The van der Waals surface area contributed by atoms with Crippen LogP contribution >= 0.6 is 0 Å². The van der Waals surface area contributed by atoms with Crippen molar-refractivity contribution in [3.8, 4) is 11.3 Å². The van der Waals surface area contributed by atoms with Gasteiger partial charge in [-0.1, -0.05) is 6.07 Å². The number of anilines is 1. The van der Waals surface area contributed by atoms with Gasteiger partial charge in [0.1, 0.15) is 11.4 Å². The van der Waals surface area contributed by atoms with Crippen LogP contribution < -0.4 is 5.32 Å². The number of hydrogen-bond donors (Lipinski definition) is 1. The lowest BCUT2D eigenvalue weighted by Crippen LogP contribution is -2.32. The number of rotatable bonds is 5. The molecule has 1 saturated carbocycles. The number of fused-ring (bicyclic) bond motifs is 1. The molecule has 1 N–H and O–H groups in total. The van der Waals surface area contributed by atoms with Crippen LogP contribution in [-0.2, 0) is 10.9 Å². The van der Waals surface area contributed by atoms with Gasteiger partial charge in [0.05, 0.1) is 5.69 Å². The number of alkyl halides is 3. The maximum Gasteiger partial charge on any atom is 0.420 e. The zero-order valence-electron chi connectivity index (χ0n) is 19.2. The van der Waals surface area contributed by atoms with Crippen LogP contribution in [0.4, 0.5) is 23.4 Å². The minimum Gasteiger partial charge on any atom is -0.381 e. The number of aryl methyl sites for hydroxylation is 1. The van der Waals surface area contributed by atoms with Gasteiger partial charge in [0.25, 0.3) is 0 Å². The lowest BCUT2D eigenvalue weighted by atomic mass is 10.00.